The van der Waals surface area contributed by atoms with Crippen LogP contribution in [0.1, 0.15) is 55.2 Å². The molecule has 1 unspecified atom stereocenters. The molecule has 0 aromatic heterocycles. The summed E-state index contributed by atoms with van der Waals surface area (Å²) in [5.41, 5.74) is 4.53. The Labute approximate surface area is 114 Å². The Morgan fingerprint density at radius 3 is 2.79 bits per heavy atom. The molecule has 2 heteroatoms. The van der Waals surface area contributed by atoms with Gasteiger partial charge in [0.05, 0.1) is 0 Å². The standard InChI is InChI=1S/C17H22O2/c1-12-5-4-6-15-14(12)8-7-13(11-16(18)19)17(15)9-2-3-10-17/h4-6,13H,2-3,7-11H2,1H3,(H,18,19). The summed E-state index contributed by atoms with van der Waals surface area (Å²) in [6, 6.07) is 6.61. The molecular formula is C17H22O2. The van der Waals surface area contributed by atoms with Crippen LogP contribution in [0.5, 0.6) is 0 Å². The average Bonchev–Trinajstić information content (AvgIpc) is 2.84. The van der Waals surface area contributed by atoms with Crippen molar-refractivity contribution >= 4 is 5.97 Å². The number of hydrogen-bond acceptors (Lipinski definition) is 1. The van der Waals surface area contributed by atoms with Gasteiger partial charge in [-0.2, -0.15) is 0 Å². The van der Waals surface area contributed by atoms with E-state index < -0.39 is 5.97 Å². The maximum Gasteiger partial charge on any atom is 0.303 e. The highest BCUT2D eigenvalue weighted by atomic mass is 16.4. The molecule has 0 bridgehead atoms. The average molecular weight is 258 g/mol. The highest BCUT2D eigenvalue weighted by molar-refractivity contribution is 5.67. The van der Waals surface area contributed by atoms with E-state index in [-0.39, 0.29) is 5.41 Å². The van der Waals surface area contributed by atoms with Gasteiger partial charge in [-0.05, 0) is 60.6 Å². The second-order valence-electron chi connectivity index (χ2n) is 6.30. The summed E-state index contributed by atoms with van der Waals surface area (Å²) >= 11 is 0. The van der Waals surface area contributed by atoms with E-state index in [9.17, 15) is 9.90 Å². The minimum Gasteiger partial charge on any atom is -0.481 e. The van der Waals surface area contributed by atoms with Crippen molar-refractivity contribution in [2.75, 3.05) is 0 Å². The number of fused-ring (bicyclic) bond motifs is 2. The van der Waals surface area contributed by atoms with E-state index in [0.29, 0.717) is 12.3 Å². The number of aliphatic carboxylic acids is 1. The van der Waals surface area contributed by atoms with Gasteiger partial charge < -0.3 is 5.11 Å². The molecule has 1 aromatic carbocycles. The topological polar surface area (TPSA) is 37.3 Å². The fourth-order valence-corrected chi connectivity index (χ4v) is 4.51. The third kappa shape index (κ3) is 1.98. The minimum atomic E-state index is -0.632. The normalized spacial score (nSPS) is 24.4. The van der Waals surface area contributed by atoms with Crippen LogP contribution in [0.2, 0.25) is 0 Å². The van der Waals surface area contributed by atoms with Crippen LogP contribution < -0.4 is 0 Å². The third-order valence-corrected chi connectivity index (χ3v) is 5.39. The van der Waals surface area contributed by atoms with Crippen molar-refractivity contribution in [1.82, 2.24) is 0 Å². The van der Waals surface area contributed by atoms with E-state index in [2.05, 4.69) is 25.1 Å². The van der Waals surface area contributed by atoms with Gasteiger partial charge in [0.1, 0.15) is 0 Å². The molecule has 2 aliphatic rings. The molecule has 0 radical (unpaired) electrons. The summed E-state index contributed by atoms with van der Waals surface area (Å²) in [7, 11) is 0. The molecule has 0 saturated heterocycles. The predicted molar refractivity (Wildman–Crippen MR) is 75.4 cm³/mol. The van der Waals surface area contributed by atoms with Gasteiger partial charge in [-0.1, -0.05) is 31.0 Å². The van der Waals surface area contributed by atoms with Crippen molar-refractivity contribution < 1.29 is 9.90 Å². The Bertz CT molecular complexity index is 498. The molecule has 1 atom stereocenters. The van der Waals surface area contributed by atoms with Crippen molar-refractivity contribution in [2.45, 2.75) is 57.3 Å². The van der Waals surface area contributed by atoms with Gasteiger partial charge in [0.25, 0.3) is 0 Å². The molecule has 2 aliphatic carbocycles. The Morgan fingerprint density at radius 2 is 2.11 bits per heavy atom. The number of carboxylic acid groups (broad SMARTS) is 1. The zero-order valence-corrected chi connectivity index (χ0v) is 11.6. The third-order valence-electron chi connectivity index (χ3n) is 5.39. The molecule has 0 heterocycles. The van der Waals surface area contributed by atoms with Gasteiger partial charge in [-0.25, -0.2) is 0 Å². The quantitative estimate of drug-likeness (QED) is 0.875. The fraction of sp³-hybridized carbons (Fsp3) is 0.588. The second kappa shape index (κ2) is 4.66. The van der Waals surface area contributed by atoms with E-state index in [1.807, 2.05) is 0 Å². The first-order chi connectivity index (χ1) is 9.13. The first-order valence-corrected chi connectivity index (χ1v) is 7.44. The smallest absolute Gasteiger partial charge is 0.303 e. The van der Waals surface area contributed by atoms with Crippen LogP contribution in [0.4, 0.5) is 0 Å². The lowest BCUT2D eigenvalue weighted by molar-refractivity contribution is -0.138. The van der Waals surface area contributed by atoms with Crippen molar-refractivity contribution in [1.29, 1.82) is 0 Å². The highest BCUT2D eigenvalue weighted by Crippen LogP contribution is 2.53. The summed E-state index contributed by atoms with van der Waals surface area (Å²) < 4.78 is 0. The number of hydrogen-bond donors (Lipinski definition) is 1. The first-order valence-electron chi connectivity index (χ1n) is 7.44. The van der Waals surface area contributed by atoms with Crippen molar-refractivity contribution in [3.05, 3.63) is 34.9 Å². The molecule has 3 rings (SSSR count). The molecule has 1 fully saturated rings. The van der Waals surface area contributed by atoms with Crippen LogP contribution in [0, 0.1) is 12.8 Å². The van der Waals surface area contributed by atoms with Crippen LogP contribution in [0.15, 0.2) is 18.2 Å². The first kappa shape index (κ1) is 12.7. The Hall–Kier alpha value is -1.31. The van der Waals surface area contributed by atoms with E-state index >= 15 is 0 Å². The van der Waals surface area contributed by atoms with Gasteiger partial charge in [0, 0.05) is 6.42 Å². The number of aryl methyl sites for hydroxylation is 1. The van der Waals surface area contributed by atoms with Gasteiger partial charge in [-0.3, -0.25) is 4.79 Å². The minimum absolute atomic E-state index is 0.165. The van der Waals surface area contributed by atoms with E-state index in [4.69, 9.17) is 0 Å². The van der Waals surface area contributed by atoms with Gasteiger partial charge >= 0.3 is 5.97 Å². The van der Waals surface area contributed by atoms with Crippen LogP contribution in [-0.2, 0) is 16.6 Å². The summed E-state index contributed by atoms with van der Waals surface area (Å²) in [6.45, 7) is 2.19. The largest absolute Gasteiger partial charge is 0.481 e. The summed E-state index contributed by atoms with van der Waals surface area (Å²) in [4.78, 5) is 11.2. The van der Waals surface area contributed by atoms with Crippen LogP contribution in [0.25, 0.3) is 0 Å². The molecule has 2 nitrogen and oxygen atoms in total. The van der Waals surface area contributed by atoms with Gasteiger partial charge in [0.15, 0.2) is 0 Å². The van der Waals surface area contributed by atoms with Crippen LogP contribution >= 0.6 is 0 Å². The number of carbonyl (C=O) groups is 1. The molecule has 0 amide bonds. The second-order valence-corrected chi connectivity index (χ2v) is 6.30. The molecule has 1 aromatic rings. The van der Waals surface area contributed by atoms with Crippen LogP contribution in [-0.4, -0.2) is 11.1 Å². The van der Waals surface area contributed by atoms with E-state index in [1.54, 1.807) is 0 Å². The van der Waals surface area contributed by atoms with E-state index in [1.165, 1.54) is 42.4 Å². The van der Waals surface area contributed by atoms with Crippen molar-refractivity contribution in [3.63, 3.8) is 0 Å². The van der Waals surface area contributed by atoms with Crippen LogP contribution in [0.3, 0.4) is 0 Å². The maximum atomic E-state index is 11.2. The van der Waals surface area contributed by atoms with Crippen molar-refractivity contribution in [3.8, 4) is 0 Å². The molecular weight excluding hydrogens is 236 g/mol. The summed E-state index contributed by atoms with van der Waals surface area (Å²) in [5, 5.41) is 9.21. The Morgan fingerprint density at radius 1 is 1.37 bits per heavy atom. The fourth-order valence-electron chi connectivity index (χ4n) is 4.51. The molecule has 102 valence electrons. The predicted octanol–water partition coefficient (Wildman–Crippen LogP) is 3.84. The summed E-state index contributed by atoms with van der Waals surface area (Å²) in [5.74, 6) is -0.297. The molecule has 19 heavy (non-hydrogen) atoms. The Kier molecular flexibility index (Phi) is 3.12. The Balaban J connectivity index is 2.07. The van der Waals surface area contributed by atoms with Crippen molar-refractivity contribution in [2.24, 2.45) is 5.92 Å². The molecule has 1 spiro atoms. The number of benzene rings is 1. The lowest BCUT2D eigenvalue weighted by atomic mass is 9.60. The van der Waals surface area contributed by atoms with Gasteiger partial charge in [0.2, 0.25) is 0 Å². The van der Waals surface area contributed by atoms with E-state index in [0.717, 1.165) is 12.8 Å². The zero-order valence-electron chi connectivity index (χ0n) is 11.6. The van der Waals surface area contributed by atoms with Gasteiger partial charge in [-0.15, -0.1) is 0 Å². The highest BCUT2D eigenvalue weighted by Gasteiger charge is 2.46. The zero-order chi connectivity index (χ0) is 13.5. The number of carboxylic acids is 1. The SMILES string of the molecule is Cc1cccc2c1CCC(CC(=O)O)C21CCCC1. The molecule has 0 aliphatic heterocycles. The maximum absolute atomic E-state index is 11.2. The monoisotopic (exact) mass is 258 g/mol. The lowest BCUT2D eigenvalue weighted by Gasteiger charge is -2.43. The molecule has 1 N–H and O–H groups in total. The summed E-state index contributed by atoms with van der Waals surface area (Å²) in [6.07, 6.45) is 7.31. The molecule has 1 saturated carbocycles. The lowest BCUT2D eigenvalue weighted by Crippen LogP contribution is -2.38. The number of rotatable bonds is 2.